The van der Waals surface area contributed by atoms with E-state index in [1.165, 1.54) is 6.07 Å². The van der Waals surface area contributed by atoms with E-state index < -0.39 is 12.2 Å². The van der Waals surface area contributed by atoms with E-state index in [-0.39, 0.29) is 29.4 Å². The Morgan fingerprint density at radius 2 is 1.27 bits per heavy atom. The quantitative estimate of drug-likeness (QED) is 0.0369. The number of nitrogens with one attached hydrogen (secondary N) is 3. The van der Waals surface area contributed by atoms with Gasteiger partial charge in [-0.1, -0.05) is 30.7 Å². The van der Waals surface area contributed by atoms with E-state index in [4.69, 9.17) is 23.4 Å². The smallest absolute Gasteiger partial charge is 0.279 e. The molecule has 5 aromatic rings. The fourth-order valence-electron chi connectivity index (χ4n) is 4.70. The lowest BCUT2D eigenvalue weighted by atomic mass is 10.1. The van der Waals surface area contributed by atoms with Crippen LogP contribution in [0.4, 0.5) is 11.4 Å². The van der Waals surface area contributed by atoms with Crippen LogP contribution in [-0.4, -0.2) is 40.3 Å². The van der Waals surface area contributed by atoms with Gasteiger partial charge >= 0.3 is 0 Å². The summed E-state index contributed by atoms with van der Waals surface area (Å²) in [6, 6.07) is 31.4. The van der Waals surface area contributed by atoms with Crippen LogP contribution < -0.4 is 35.3 Å². The van der Waals surface area contributed by atoms with Gasteiger partial charge in [0.1, 0.15) is 28.7 Å². The molecule has 5 rings (SSSR count). The first-order valence-electron chi connectivity index (χ1n) is 18.0. The lowest BCUT2D eigenvalue weighted by Crippen LogP contribution is -2.39. The number of carbonyl (C=O) groups excluding carboxylic acids is 2. The second kappa shape index (κ2) is 21.1. The van der Waals surface area contributed by atoms with E-state index >= 15 is 0 Å². The normalized spacial score (nSPS) is 12.1. The van der Waals surface area contributed by atoms with Crippen LogP contribution in [0.15, 0.2) is 114 Å². The predicted octanol–water partition coefficient (Wildman–Crippen LogP) is 9.22. The van der Waals surface area contributed by atoms with Crippen molar-refractivity contribution >= 4 is 35.2 Å². The molecule has 5 aromatic carbocycles. The largest absolute Gasteiger partial charge is 0.508 e. The van der Waals surface area contributed by atoms with Gasteiger partial charge in [-0.05, 0) is 144 Å². The van der Waals surface area contributed by atoms with E-state index in [1.54, 1.807) is 81.4 Å². The van der Waals surface area contributed by atoms with Gasteiger partial charge in [0.05, 0.1) is 23.8 Å². The summed E-state index contributed by atoms with van der Waals surface area (Å²) in [6.07, 6.45) is -0.287. The molecule has 5 N–H and O–H groups in total. The third-order valence-electron chi connectivity index (χ3n) is 8.18. The van der Waals surface area contributed by atoms with Crippen LogP contribution >= 0.6 is 12.0 Å². The van der Waals surface area contributed by atoms with Crippen molar-refractivity contribution in [2.45, 2.75) is 78.1 Å². The minimum absolute atomic E-state index is 0.147. The third-order valence-corrected chi connectivity index (χ3v) is 8.78. The van der Waals surface area contributed by atoms with E-state index in [0.29, 0.717) is 22.9 Å². The molecule has 0 aromatic heterocycles. The molecule has 0 radical (unpaired) electrons. The standard InChI is InChI=1S/C25H28N2O6S.C18H21NO3/c1-4-17(2)30-21-9-5-19(6-10-21)26-27-25(29)18(3)31-22-11-13-23(14-12-22)32-33-34-24-15-7-20(28)8-16-24;1-11-5-8-17(13(3)9-11)22-14(4)18(21)19-15-7-6-12(2)16(20)10-15/h5-18,26,28H,4H2,1-3H3,(H,27,29);5-10,14,20H,1-4H3,(H,19,21). The maximum atomic E-state index is 12.3. The van der Waals surface area contributed by atoms with Crippen molar-refractivity contribution in [2.75, 3.05) is 10.7 Å². The summed E-state index contributed by atoms with van der Waals surface area (Å²) >= 11 is 1.02. The van der Waals surface area contributed by atoms with E-state index in [0.717, 1.165) is 51.5 Å². The number of rotatable bonds is 16. The Labute approximate surface area is 332 Å². The van der Waals surface area contributed by atoms with Crippen LogP contribution in [0.1, 0.15) is 50.8 Å². The summed E-state index contributed by atoms with van der Waals surface area (Å²) < 4.78 is 22.3. The van der Waals surface area contributed by atoms with Crippen LogP contribution in [0.5, 0.6) is 34.5 Å². The van der Waals surface area contributed by atoms with Crippen molar-refractivity contribution in [1.82, 2.24) is 5.43 Å². The molecule has 13 heteroatoms. The Morgan fingerprint density at radius 1 is 0.661 bits per heavy atom. The molecule has 0 saturated carbocycles. The van der Waals surface area contributed by atoms with Gasteiger partial charge in [0.2, 0.25) is 0 Å². The maximum Gasteiger partial charge on any atom is 0.279 e. The Kier molecular flexibility index (Phi) is 16.1. The highest BCUT2D eigenvalue weighted by Crippen LogP contribution is 2.26. The molecule has 0 heterocycles. The monoisotopic (exact) mass is 783 g/mol. The molecule has 2 amide bonds. The average Bonchev–Trinajstić information content (AvgIpc) is 3.18. The van der Waals surface area contributed by atoms with Gasteiger partial charge in [-0.15, -0.1) is 4.33 Å². The molecule has 0 aliphatic heterocycles. The molecule has 0 spiro atoms. The van der Waals surface area contributed by atoms with Gasteiger partial charge < -0.3 is 34.6 Å². The Balaban J connectivity index is 0.000000273. The number of carbonyl (C=O) groups is 2. The molecular formula is C43H49N3O9S. The molecule has 0 saturated heterocycles. The summed E-state index contributed by atoms with van der Waals surface area (Å²) in [6.45, 7) is 13.2. The van der Waals surface area contributed by atoms with Crippen molar-refractivity contribution in [2.24, 2.45) is 0 Å². The zero-order valence-electron chi connectivity index (χ0n) is 32.5. The van der Waals surface area contributed by atoms with Crippen molar-refractivity contribution in [1.29, 1.82) is 0 Å². The molecule has 3 unspecified atom stereocenters. The van der Waals surface area contributed by atoms with Crippen molar-refractivity contribution in [3.05, 3.63) is 126 Å². The summed E-state index contributed by atoms with van der Waals surface area (Å²) in [4.78, 5) is 30.5. The van der Waals surface area contributed by atoms with Crippen LogP contribution in [0, 0.1) is 20.8 Å². The number of amides is 2. The number of aryl methyl sites for hydroxylation is 3. The topological polar surface area (TPSA) is 157 Å². The fraction of sp³-hybridized carbons (Fsp3) is 0.256. The van der Waals surface area contributed by atoms with Gasteiger partial charge in [-0.25, -0.2) is 0 Å². The molecular weight excluding hydrogens is 735 g/mol. The molecule has 0 bridgehead atoms. The first-order chi connectivity index (χ1) is 26.8. The number of phenols is 2. The number of hydrogen-bond acceptors (Lipinski definition) is 11. The van der Waals surface area contributed by atoms with E-state index in [9.17, 15) is 19.8 Å². The minimum atomic E-state index is -0.728. The highest BCUT2D eigenvalue weighted by molar-refractivity contribution is 7.94. The zero-order valence-corrected chi connectivity index (χ0v) is 33.3. The lowest BCUT2D eigenvalue weighted by molar-refractivity contribution is -0.126. The lowest BCUT2D eigenvalue weighted by Gasteiger charge is -2.17. The molecule has 3 atom stereocenters. The highest BCUT2D eigenvalue weighted by Gasteiger charge is 2.17. The van der Waals surface area contributed by atoms with Crippen LogP contribution in [0.2, 0.25) is 0 Å². The zero-order chi connectivity index (χ0) is 40.6. The highest BCUT2D eigenvalue weighted by atomic mass is 32.2. The van der Waals surface area contributed by atoms with E-state index in [2.05, 4.69) is 23.1 Å². The summed E-state index contributed by atoms with van der Waals surface area (Å²) in [5.41, 5.74) is 9.67. The Morgan fingerprint density at radius 3 is 1.91 bits per heavy atom. The average molecular weight is 784 g/mol. The number of benzene rings is 5. The number of ether oxygens (including phenoxy) is 3. The number of anilines is 2. The fourth-order valence-corrected chi connectivity index (χ4v) is 5.14. The maximum absolute atomic E-state index is 12.3. The molecule has 296 valence electrons. The van der Waals surface area contributed by atoms with Crippen molar-refractivity contribution < 1.29 is 43.2 Å². The minimum Gasteiger partial charge on any atom is -0.508 e. The molecule has 12 nitrogen and oxygen atoms in total. The number of hydrazine groups is 1. The van der Waals surface area contributed by atoms with Gasteiger partial charge in [0.25, 0.3) is 11.8 Å². The summed E-state index contributed by atoms with van der Waals surface area (Å²) in [5.74, 6) is 2.20. The summed E-state index contributed by atoms with van der Waals surface area (Å²) in [7, 11) is 0. The van der Waals surface area contributed by atoms with Crippen LogP contribution in [0.3, 0.4) is 0 Å². The summed E-state index contributed by atoms with van der Waals surface area (Å²) in [5, 5.41) is 21.7. The van der Waals surface area contributed by atoms with Crippen LogP contribution in [0.25, 0.3) is 0 Å². The SMILES string of the molecule is CCC(C)Oc1ccc(NNC(=O)C(C)Oc2ccc(OOSc3ccc(O)cc3)cc2)cc1.Cc1ccc(OC(C)C(=O)Nc2ccc(C)c(O)c2)c(C)c1. The molecule has 56 heavy (non-hydrogen) atoms. The Hall–Kier alpha value is -6.05. The molecule has 0 fully saturated rings. The third kappa shape index (κ3) is 14.0. The Bertz CT molecular complexity index is 2010. The van der Waals surface area contributed by atoms with Crippen LogP contribution in [-0.2, 0) is 13.9 Å². The first-order valence-corrected chi connectivity index (χ1v) is 18.8. The molecule has 0 aliphatic carbocycles. The van der Waals surface area contributed by atoms with Crippen molar-refractivity contribution in [3.63, 3.8) is 0 Å². The van der Waals surface area contributed by atoms with Gasteiger partial charge in [0, 0.05) is 16.6 Å². The second-order valence-electron chi connectivity index (χ2n) is 13.0. The molecule has 0 aliphatic rings. The van der Waals surface area contributed by atoms with Gasteiger partial charge in [0.15, 0.2) is 18.0 Å². The van der Waals surface area contributed by atoms with Crippen molar-refractivity contribution in [3.8, 4) is 34.5 Å². The second-order valence-corrected chi connectivity index (χ2v) is 13.7. The van der Waals surface area contributed by atoms with Gasteiger partial charge in [-0.2, -0.15) is 0 Å². The predicted molar refractivity (Wildman–Crippen MR) is 218 cm³/mol. The first kappa shape index (κ1) is 42.7. The van der Waals surface area contributed by atoms with Gasteiger partial charge in [-0.3, -0.25) is 20.4 Å². The number of aromatic hydroxyl groups is 2. The van der Waals surface area contributed by atoms with E-state index in [1.807, 2.05) is 63.2 Å². The number of hydrogen-bond donors (Lipinski definition) is 5. The number of phenolic OH excluding ortho intramolecular Hbond substituents is 2.